The monoisotopic (exact) mass is 364 g/mol. The SMILES string of the molecule is CC(C(=O)N1CCC(C(N)=O)CC1)N1CCCN(CC(F)(F)F)CC1. The van der Waals surface area contributed by atoms with E-state index in [1.807, 2.05) is 11.8 Å². The maximum absolute atomic E-state index is 12.7. The fourth-order valence-corrected chi connectivity index (χ4v) is 3.59. The Morgan fingerprint density at radius 2 is 1.72 bits per heavy atom. The summed E-state index contributed by atoms with van der Waals surface area (Å²) in [6.45, 7) is 3.67. The molecule has 2 N–H and O–H groups in total. The number of rotatable bonds is 4. The molecule has 144 valence electrons. The van der Waals surface area contributed by atoms with Gasteiger partial charge in [-0.05, 0) is 32.7 Å². The van der Waals surface area contributed by atoms with Crippen LogP contribution in [0.2, 0.25) is 0 Å². The van der Waals surface area contributed by atoms with Crippen molar-refractivity contribution in [1.82, 2.24) is 14.7 Å². The van der Waals surface area contributed by atoms with Crippen LogP contribution in [0.25, 0.3) is 0 Å². The summed E-state index contributed by atoms with van der Waals surface area (Å²) in [6.07, 6.45) is -2.43. The molecule has 1 unspecified atom stereocenters. The van der Waals surface area contributed by atoms with Gasteiger partial charge in [0.25, 0.3) is 0 Å². The van der Waals surface area contributed by atoms with Crippen LogP contribution in [0, 0.1) is 5.92 Å². The second kappa shape index (κ2) is 8.35. The number of halogens is 3. The first-order valence-corrected chi connectivity index (χ1v) is 8.78. The largest absolute Gasteiger partial charge is 0.401 e. The van der Waals surface area contributed by atoms with Gasteiger partial charge in [0, 0.05) is 38.6 Å². The Labute approximate surface area is 146 Å². The van der Waals surface area contributed by atoms with E-state index in [9.17, 15) is 22.8 Å². The molecule has 2 amide bonds. The molecule has 2 heterocycles. The zero-order valence-corrected chi connectivity index (χ0v) is 14.6. The fourth-order valence-electron chi connectivity index (χ4n) is 3.59. The number of carbonyl (C=O) groups is 2. The Kier molecular flexibility index (Phi) is 6.67. The highest BCUT2D eigenvalue weighted by molar-refractivity contribution is 5.82. The Balaban J connectivity index is 1.84. The number of likely N-dealkylation sites (tertiary alicyclic amines) is 1. The number of nitrogens with two attached hydrogens (primary N) is 1. The number of hydrogen-bond donors (Lipinski definition) is 1. The molecule has 2 fully saturated rings. The second-order valence-corrected chi connectivity index (χ2v) is 6.96. The topological polar surface area (TPSA) is 69.9 Å². The van der Waals surface area contributed by atoms with Gasteiger partial charge >= 0.3 is 6.18 Å². The minimum absolute atomic E-state index is 0.0211. The highest BCUT2D eigenvalue weighted by atomic mass is 19.4. The van der Waals surface area contributed by atoms with Crippen LogP contribution in [0.3, 0.4) is 0 Å². The van der Waals surface area contributed by atoms with Gasteiger partial charge in [0.1, 0.15) is 0 Å². The lowest BCUT2D eigenvalue weighted by atomic mass is 9.96. The zero-order chi connectivity index (χ0) is 18.6. The van der Waals surface area contributed by atoms with Crippen molar-refractivity contribution in [3.8, 4) is 0 Å². The number of alkyl halides is 3. The molecule has 0 aromatic rings. The van der Waals surface area contributed by atoms with Gasteiger partial charge in [0.05, 0.1) is 12.6 Å². The summed E-state index contributed by atoms with van der Waals surface area (Å²) in [5.41, 5.74) is 5.30. The first-order chi connectivity index (χ1) is 11.7. The first kappa shape index (κ1) is 20.0. The standard InChI is InChI=1S/C16H27F3N4O2/c1-12(15(25)23-7-3-13(4-8-23)14(20)24)22-6-2-5-21(9-10-22)11-16(17,18)19/h12-13H,2-11H2,1H3,(H2,20,24). The normalized spacial score (nSPS) is 23.3. The van der Waals surface area contributed by atoms with Gasteiger partial charge in [0.2, 0.25) is 11.8 Å². The molecule has 0 spiro atoms. The van der Waals surface area contributed by atoms with Gasteiger partial charge in [-0.25, -0.2) is 0 Å². The van der Waals surface area contributed by atoms with Crippen molar-refractivity contribution < 1.29 is 22.8 Å². The van der Waals surface area contributed by atoms with E-state index in [-0.39, 0.29) is 23.8 Å². The van der Waals surface area contributed by atoms with Crippen molar-refractivity contribution in [1.29, 1.82) is 0 Å². The highest BCUT2D eigenvalue weighted by Crippen LogP contribution is 2.20. The van der Waals surface area contributed by atoms with Crippen LogP contribution >= 0.6 is 0 Å². The van der Waals surface area contributed by atoms with Crippen molar-refractivity contribution in [2.75, 3.05) is 45.8 Å². The van der Waals surface area contributed by atoms with E-state index in [2.05, 4.69) is 0 Å². The van der Waals surface area contributed by atoms with Crippen LogP contribution in [0.5, 0.6) is 0 Å². The molecule has 0 aliphatic carbocycles. The number of carbonyl (C=O) groups excluding carboxylic acids is 2. The molecule has 0 radical (unpaired) electrons. The summed E-state index contributed by atoms with van der Waals surface area (Å²) in [4.78, 5) is 29.0. The molecule has 2 aliphatic rings. The number of amides is 2. The van der Waals surface area contributed by atoms with Crippen LogP contribution in [0.15, 0.2) is 0 Å². The maximum atomic E-state index is 12.7. The lowest BCUT2D eigenvalue weighted by Gasteiger charge is -2.35. The molecule has 0 aromatic heterocycles. The fraction of sp³-hybridized carbons (Fsp3) is 0.875. The number of piperidine rings is 1. The van der Waals surface area contributed by atoms with Gasteiger partial charge in [-0.3, -0.25) is 19.4 Å². The number of nitrogens with zero attached hydrogens (tertiary/aromatic N) is 3. The Bertz CT molecular complexity index is 478. The Morgan fingerprint density at radius 3 is 2.28 bits per heavy atom. The molecule has 9 heteroatoms. The molecule has 0 bridgehead atoms. The molecule has 2 aliphatic heterocycles. The van der Waals surface area contributed by atoms with E-state index in [1.54, 1.807) is 4.90 Å². The van der Waals surface area contributed by atoms with Crippen LogP contribution < -0.4 is 5.73 Å². The molecule has 2 rings (SSSR count). The van der Waals surface area contributed by atoms with E-state index < -0.39 is 12.7 Å². The van der Waals surface area contributed by atoms with Crippen molar-refractivity contribution >= 4 is 11.8 Å². The summed E-state index contributed by atoms with van der Waals surface area (Å²) < 4.78 is 37.6. The van der Waals surface area contributed by atoms with E-state index in [1.165, 1.54) is 4.90 Å². The molecular weight excluding hydrogens is 337 g/mol. The average Bonchev–Trinajstić information content (AvgIpc) is 2.77. The highest BCUT2D eigenvalue weighted by Gasteiger charge is 2.34. The molecule has 2 saturated heterocycles. The van der Waals surface area contributed by atoms with Crippen molar-refractivity contribution in [3.63, 3.8) is 0 Å². The van der Waals surface area contributed by atoms with E-state index in [4.69, 9.17) is 5.73 Å². The molecular formula is C16H27F3N4O2. The Morgan fingerprint density at radius 1 is 1.08 bits per heavy atom. The molecule has 25 heavy (non-hydrogen) atoms. The third-order valence-electron chi connectivity index (χ3n) is 5.14. The van der Waals surface area contributed by atoms with Gasteiger partial charge < -0.3 is 10.6 Å². The third kappa shape index (κ3) is 5.85. The van der Waals surface area contributed by atoms with Gasteiger partial charge in [0.15, 0.2) is 0 Å². The average molecular weight is 364 g/mol. The first-order valence-electron chi connectivity index (χ1n) is 8.78. The number of primary amides is 1. The van der Waals surface area contributed by atoms with Crippen molar-refractivity contribution in [2.24, 2.45) is 11.7 Å². The van der Waals surface area contributed by atoms with Crippen LogP contribution in [-0.4, -0.2) is 84.5 Å². The summed E-state index contributed by atoms with van der Waals surface area (Å²) in [5.74, 6) is -0.516. The van der Waals surface area contributed by atoms with Crippen LogP contribution in [0.4, 0.5) is 13.2 Å². The van der Waals surface area contributed by atoms with Crippen LogP contribution in [-0.2, 0) is 9.59 Å². The zero-order valence-electron chi connectivity index (χ0n) is 14.6. The smallest absolute Gasteiger partial charge is 0.369 e. The predicted octanol–water partition coefficient (Wildman–Crippen LogP) is 0.669. The number of hydrogen-bond acceptors (Lipinski definition) is 4. The van der Waals surface area contributed by atoms with Crippen molar-refractivity contribution in [3.05, 3.63) is 0 Å². The molecule has 1 atom stereocenters. The molecule has 0 aromatic carbocycles. The van der Waals surface area contributed by atoms with E-state index in [0.29, 0.717) is 58.5 Å². The quantitative estimate of drug-likeness (QED) is 0.796. The summed E-state index contributed by atoms with van der Waals surface area (Å²) in [6, 6.07) is -0.365. The summed E-state index contributed by atoms with van der Waals surface area (Å²) in [5, 5.41) is 0. The lowest BCUT2D eigenvalue weighted by molar-refractivity contribution is -0.146. The second-order valence-electron chi connectivity index (χ2n) is 6.96. The third-order valence-corrected chi connectivity index (χ3v) is 5.14. The van der Waals surface area contributed by atoms with Gasteiger partial charge in [-0.1, -0.05) is 0 Å². The van der Waals surface area contributed by atoms with E-state index in [0.717, 1.165) is 0 Å². The summed E-state index contributed by atoms with van der Waals surface area (Å²) in [7, 11) is 0. The molecule has 0 saturated carbocycles. The molecule has 6 nitrogen and oxygen atoms in total. The minimum Gasteiger partial charge on any atom is -0.369 e. The van der Waals surface area contributed by atoms with Crippen molar-refractivity contribution in [2.45, 2.75) is 38.4 Å². The predicted molar refractivity (Wildman–Crippen MR) is 86.6 cm³/mol. The van der Waals surface area contributed by atoms with Gasteiger partial charge in [-0.2, -0.15) is 13.2 Å². The van der Waals surface area contributed by atoms with Crippen LogP contribution in [0.1, 0.15) is 26.2 Å². The lowest BCUT2D eigenvalue weighted by Crippen LogP contribution is -2.51. The maximum Gasteiger partial charge on any atom is 0.401 e. The Hall–Kier alpha value is -1.35. The summed E-state index contributed by atoms with van der Waals surface area (Å²) >= 11 is 0. The minimum atomic E-state index is -4.19. The van der Waals surface area contributed by atoms with E-state index >= 15 is 0 Å². The van der Waals surface area contributed by atoms with Gasteiger partial charge in [-0.15, -0.1) is 0 Å².